The maximum Gasteiger partial charge on any atom is 0.265 e. The standard InChI is InChI=1S/C12H19N3O2S/c1-4-6-13-12-14-8-10(18-12)11(17)15(3)7-5-9(2)16/h4,8-9,16H,1,5-7H2,2-3H3,(H,13,14). The molecule has 0 aliphatic carbocycles. The monoisotopic (exact) mass is 269 g/mol. The fraction of sp³-hybridized carbons (Fsp3) is 0.500. The number of carbonyl (C=O) groups is 1. The highest BCUT2D eigenvalue weighted by molar-refractivity contribution is 7.17. The van der Waals surface area contributed by atoms with Gasteiger partial charge in [-0.15, -0.1) is 6.58 Å². The number of nitrogens with one attached hydrogen (secondary N) is 1. The Morgan fingerprint density at radius 2 is 2.50 bits per heavy atom. The number of thiazole rings is 1. The van der Waals surface area contributed by atoms with Gasteiger partial charge in [-0.2, -0.15) is 0 Å². The lowest BCUT2D eigenvalue weighted by molar-refractivity contribution is 0.0773. The van der Waals surface area contributed by atoms with E-state index in [0.29, 0.717) is 29.5 Å². The highest BCUT2D eigenvalue weighted by Crippen LogP contribution is 2.19. The lowest BCUT2D eigenvalue weighted by Crippen LogP contribution is -2.28. The van der Waals surface area contributed by atoms with Gasteiger partial charge in [-0.3, -0.25) is 4.79 Å². The first kappa shape index (κ1) is 14.7. The summed E-state index contributed by atoms with van der Waals surface area (Å²) >= 11 is 1.32. The summed E-state index contributed by atoms with van der Waals surface area (Å²) in [5, 5.41) is 12.9. The normalized spacial score (nSPS) is 11.9. The van der Waals surface area contributed by atoms with Crippen molar-refractivity contribution >= 4 is 22.4 Å². The van der Waals surface area contributed by atoms with Crippen molar-refractivity contribution in [3.63, 3.8) is 0 Å². The summed E-state index contributed by atoms with van der Waals surface area (Å²) in [5.41, 5.74) is 0. The number of carbonyl (C=O) groups excluding carboxylic acids is 1. The van der Waals surface area contributed by atoms with E-state index in [2.05, 4.69) is 16.9 Å². The van der Waals surface area contributed by atoms with Gasteiger partial charge in [0.25, 0.3) is 5.91 Å². The Balaban J connectivity index is 2.54. The van der Waals surface area contributed by atoms with Crippen LogP contribution in [0.1, 0.15) is 23.0 Å². The molecule has 0 radical (unpaired) electrons. The van der Waals surface area contributed by atoms with Crippen LogP contribution < -0.4 is 5.32 Å². The van der Waals surface area contributed by atoms with Gasteiger partial charge in [0.2, 0.25) is 0 Å². The molecule has 0 aromatic carbocycles. The van der Waals surface area contributed by atoms with E-state index in [1.807, 2.05) is 0 Å². The van der Waals surface area contributed by atoms with E-state index >= 15 is 0 Å². The summed E-state index contributed by atoms with van der Waals surface area (Å²) < 4.78 is 0. The summed E-state index contributed by atoms with van der Waals surface area (Å²) in [6, 6.07) is 0. The summed E-state index contributed by atoms with van der Waals surface area (Å²) in [6.45, 7) is 6.47. The topological polar surface area (TPSA) is 65.5 Å². The van der Waals surface area contributed by atoms with Crippen LogP contribution in [0.5, 0.6) is 0 Å². The van der Waals surface area contributed by atoms with Crippen LogP contribution in [0.2, 0.25) is 0 Å². The van der Waals surface area contributed by atoms with E-state index in [9.17, 15) is 9.90 Å². The average Bonchev–Trinajstić information content (AvgIpc) is 2.81. The van der Waals surface area contributed by atoms with Crippen LogP contribution in [0.4, 0.5) is 5.13 Å². The smallest absolute Gasteiger partial charge is 0.265 e. The van der Waals surface area contributed by atoms with Crippen LogP contribution >= 0.6 is 11.3 Å². The molecule has 1 atom stereocenters. The van der Waals surface area contributed by atoms with E-state index in [1.165, 1.54) is 11.3 Å². The van der Waals surface area contributed by atoms with Crippen molar-refractivity contribution < 1.29 is 9.90 Å². The molecule has 0 saturated heterocycles. The van der Waals surface area contributed by atoms with E-state index in [4.69, 9.17) is 0 Å². The molecule has 5 nitrogen and oxygen atoms in total. The molecule has 0 saturated carbocycles. The molecule has 100 valence electrons. The van der Waals surface area contributed by atoms with Crippen molar-refractivity contribution in [3.05, 3.63) is 23.7 Å². The van der Waals surface area contributed by atoms with Crippen LogP contribution in [0.3, 0.4) is 0 Å². The van der Waals surface area contributed by atoms with Crippen molar-refractivity contribution in [1.29, 1.82) is 0 Å². The van der Waals surface area contributed by atoms with Crippen LogP contribution in [0.25, 0.3) is 0 Å². The second kappa shape index (κ2) is 7.13. The summed E-state index contributed by atoms with van der Waals surface area (Å²) in [7, 11) is 1.72. The number of aliphatic hydroxyl groups excluding tert-OH is 1. The largest absolute Gasteiger partial charge is 0.393 e. The molecule has 1 aromatic heterocycles. The minimum absolute atomic E-state index is 0.0696. The molecule has 18 heavy (non-hydrogen) atoms. The molecule has 0 fully saturated rings. The van der Waals surface area contributed by atoms with E-state index < -0.39 is 6.10 Å². The van der Waals surface area contributed by atoms with Crippen LogP contribution in [0.15, 0.2) is 18.9 Å². The molecular weight excluding hydrogens is 250 g/mol. The summed E-state index contributed by atoms with van der Waals surface area (Å²) in [6.07, 6.45) is 3.48. The number of hydrogen-bond donors (Lipinski definition) is 2. The third-order valence-corrected chi connectivity index (χ3v) is 3.29. The molecule has 0 aliphatic heterocycles. The number of amides is 1. The van der Waals surface area contributed by atoms with Crippen molar-refractivity contribution in [2.24, 2.45) is 0 Å². The van der Waals surface area contributed by atoms with Crippen molar-refractivity contribution in [1.82, 2.24) is 9.88 Å². The second-order valence-corrected chi connectivity index (χ2v) is 5.09. The third kappa shape index (κ3) is 4.46. The van der Waals surface area contributed by atoms with Crippen LogP contribution in [-0.4, -0.2) is 47.1 Å². The van der Waals surface area contributed by atoms with Crippen molar-refractivity contribution in [2.75, 3.05) is 25.5 Å². The SMILES string of the molecule is C=CCNc1ncc(C(=O)N(C)CCC(C)O)s1. The van der Waals surface area contributed by atoms with Gasteiger partial charge < -0.3 is 15.3 Å². The first-order valence-electron chi connectivity index (χ1n) is 5.78. The average molecular weight is 269 g/mol. The highest BCUT2D eigenvalue weighted by atomic mass is 32.1. The van der Waals surface area contributed by atoms with Gasteiger partial charge in [0.05, 0.1) is 12.3 Å². The molecule has 1 heterocycles. The lowest BCUT2D eigenvalue weighted by atomic mass is 10.3. The zero-order valence-corrected chi connectivity index (χ0v) is 11.5. The Bertz CT molecular complexity index is 404. The quantitative estimate of drug-likeness (QED) is 0.738. The zero-order chi connectivity index (χ0) is 13.5. The Hall–Kier alpha value is -1.40. The van der Waals surface area contributed by atoms with Gasteiger partial charge in [0, 0.05) is 20.1 Å². The Labute approximate surface area is 111 Å². The van der Waals surface area contributed by atoms with E-state index in [1.54, 1.807) is 31.1 Å². The van der Waals surface area contributed by atoms with Gasteiger partial charge >= 0.3 is 0 Å². The fourth-order valence-corrected chi connectivity index (χ4v) is 2.10. The predicted octanol–water partition coefficient (Wildman–Crippen LogP) is 1.58. The van der Waals surface area contributed by atoms with Crippen molar-refractivity contribution in [2.45, 2.75) is 19.4 Å². The second-order valence-electron chi connectivity index (χ2n) is 4.06. The molecule has 0 bridgehead atoms. The fourth-order valence-electron chi connectivity index (χ4n) is 1.28. The molecular formula is C12H19N3O2S. The molecule has 0 spiro atoms. The Morgan fingerprint density at radius 1 is 1.78 bits per heavy atom. The Morgan fingerprint density at radius 3 is 3.11 bits per heavy atom. The number of aliphatic hydroxyl groups is 1. The van der Waals surface area contributed by atoms with E-state index in [0.717, 1.165) is 0 Å². The zero-order valence-electron chi connectivity index (χ0n) is 10.7. The number of nitrogens with zero attached hydrogens (tertiary/aromatic N) is 2. The van der Waals surface area contributed by atoms with Gasteiger partial charge in [0.15, 0.2) is 5.13 Å². The van der Waals surface area contributed by atoms with Gasteiger partial charge in [-0.1, -0.05) is 17.4 Å². The van der Waals surface area contributed by atoms with Gasteiger partial charge in [-0.25, -0.2) is 4.98 Å². The number of rotatable bonds is 7. The maximum absolute atomic E-state index is 12.0. The van der Waals surface area contributed by atoms with Gasteiger partial charge in [0.1, 0.15) is 4.88 Å². The molecule has 1 unspecified atom stereocenters. The minimum atomic E-state index is -0.397. The summed E-state index contributed by atoms with van der Waals surface area (Å²) in [5.74, 6) is -0.0696. The van der Waals surface area contributed by atoms with Crippen LogP contribution in [-0.2, 0) is 0 Å². The molecule has 6 heteroatoms. The molecule has 1 aromatic rings. The number of aromatic nitrogens is 1. The lowest BCUT2D eigenvalue weighted by Gasteiger charge is -2.16. The molecule has 1 rings (SSSR count). The Kier molecular flexibility index (Phi) is 5.80. The summed E-state index contributed by atoms with van der Waals surface area (Å²) in [4.78, 5) is 18.3. The predicted molar refractivity (Wildman–Crippen MR) is 74.1 cm³/mol. The molecule has 2 N–H and O–H groups in total. The first-order chi connectivity index (χ1) is 8.54. The minimum Gasteiger partial charge on any atom is -0.393 e. The first-order valence-corrected chi connectivity index (χ1v) is 6.60. The van der Waals surface area contributed by atoms with Gasteiger partial charge in [-0.05, 0) is 13.3 Å². The molecule has 0 aliphatic rings. The number of hydrogen-bond acceptors (Lipinski definition) is 5. The highest BCUT2D eigenvalue weighted by Gasteiger charge is 2.15. The maximum atomic E-state index is 12.0. The van der Waals surface area contributed by atoms with Crippen molar-refractivity contribution in [3.8, 4) is 0 Å². The van der Waals surface area contributed by atoms with E-state index in [-0.39, 0.29) is 5.91 Å². The molecule has 1 amide bonds. The third-order valence-electron chi connectivity index (χ3n) is 2.34. The van der Waals surface area contributed by atoms with Crippen LogP contribution in [0, 0.1) is 0 Å². The number of anilines is 1.